The van der Waals surface area contributed by atoms with E-state index < -0.39 is 6.04 Å². The summed E-state index contributed by atoms with van der Waals surface area (Å²) in [6.07, 6.45) is 0.892. The number of likely N-dealkylation sites (N-methyl/N-ethyl adjacent to an activating group) is 1. The Kier molecular flexibility index (Phi) is 5.91. The van der Waals surface area contributed by atoms with E-state index in [0.29, 0.717) is 19.4 Å². The summed E-state index contributed by atoms with van der Waals surface area (Å²) in [4.78, 5) is 23.3. The van der Waals surface area contributed by atoms with Gasteiger partial charge in [0.2, 0.25) is 11.8 Å². The van der Waals surface area contributed by atoms with Crippen molar-refractivity contribution in [1.29, 1.82) is 0 Å². The SMILES string of the molecule is CCNC(=O)[C@H](Cc1ccccc1)NC(=O)CC. The Morgan fingerprint density at radius 2 is 1.83 bits per heavy atom. The van der Waals surface area contributed by atoms with Gasteiger partial charge in [-0.1, -0.05) is 37.3 Å². The molecule has 0 aliphatic rings. The molecule has 0 aliphatic carbocycles. The summed E-state index contributed by atoms with van der Waals surface area (Å²) in [7, 11) is 0. The van der Waals surface area contributed by atoms with Crippen LogP contribution in [0.1, 0.15) is 25.8 Å². The number of carbonyl (C=O) groups is 2. The van der Waals surface area contributed by atoms with Gasteiger partial charge < -0.3 is 10.6 Å². The van der Waals surface area contributed by atoms with E-state index in [-0.39, 0.29) is 11.8 Å². The molecule has 1 atom stereocenters. The van der Waals surface area contributed by atoms with E-state index in [4.69, 9.17) is 0 Å². The maximum atomic E-state index is 11.9. The standard InChI is InChI=1S/C14H20N2O2/c1-3-13(17)16-12(14(18)15-4-2)10-11-8-6-5-7-9-11/h5-9,12H,3-4,10H2,1-2H3,(H,15,18)(H,16,17)/t12-/m0/s1. The van der Waals surface area contributed by atoms with Gasteiger partial charge in [-0.2, -0.15) is 0 Å². The second kappa shape index (κ2) is 7.48. The Balaban J connectivity index is 2.71. The molecular formula is C14H20N2O2. The highest BCUT2D eigenvalue weighted by atomic mass is 16.2. The van der Waals surface area contributed by atoms with Crippen molar-refractivity contribution in [3.05, 3.63) is 35.9 Å². The maximum absolute atomic E-state index is 11.9. The fraction of sp³-hybridized carbons (Fsp3) is 0.429. The molecule has 0 heterocycles. The molecule has 0 spiro atoms. The van der Waals surface area contributed by atoms with Crippen LogP contribution >= 0.6 is 0 Å². The van der Waals surface area contributed by atoms with Crippen LogP contribution in [-0.2, 0) is 16.0 Å². The van der Waals surface area contributed by atoms with Gasteiger partial charge in [0.05, 0.1) is 0 Å². The van der Waals surface area contributed by atoms with Gasteiger partial charge in [0.25, 0.3) is 0 Å². The van der Waals surface area contributed by atoms with Gasteiger partial charge in [-0.15, -0.1) is 0 Å². The van der Waals surface area contributed by atoms with Crippen molar-refractivity contribution in [2.75, 3.05) is 6.54 Å². The lowest BCUT2D eigenvalue weighted by atomic mass is 10.1. The zero-order chi connectivity index (χ0) is 13.4. The number of nitrogens with one attached hydrogen (secondary N) is 2. The molecule has 0 fully saturated rings. The molecule has 2 amide bonds. The number of hydrogen-bond donors (Lipinski definition) is 2. The molecule has 0 unspecified atom stereocenters. The van der Waals surface area contributed by atoms with E-state index in [1.54, 1.807) is 6.92 Å². The summed E-state index contributed by atoms with van der Waals surface area (Å²) < 4.78 is 0. The van der Waals surface area contributed by atoms with Crippen molar-refractivity contribution in [1.82, 2.24) is 10.6 Å². The Morgan fingerprint density at radius 1 is 1.17 bits per heavy atom. The molecule has 4 heteroatoms. The summed E-state index contributed by atoms with van der Waals surface area (Å²) in [6, 6.07) is 9.17. The minimum atomic E-state index is -0.500. The first kappa shape index (κ1) is 14.2. The molecule has 0 saturated carbocycles. The monoisotopic (exact) mass is 248 g/mol. The van der Waals surface area contributed by atoms with Crippen LogP contribution in [0, 0.1) is 0 Å². The average Bonchev–Trinajstić information content (AvgIpc) is 2.39. The number of amides is 2. The summed E-state index contributed by atoms with van der Waals surface area (Å²) >= 11 is 0. The average molecular weight is 248 g/mol. The largest absolute Gasteiger partial charge is 0.355 e. The first-order valence-corrected chi connectivity index (χ1v) is 6.28. The van der Waals surface area contributed by atoms with E-state index in [2.05, 4.69) is 10.6 Å². The first-order valence-electron chi connectivity index (χ1n) is 6.28. The van der Waals surface area contributed by atoms with Gasteiger partial charge in [0, 0.05) is 19.4 Å². The van der Waals surface area contributed by atoms with Gasteiger partial charge >= 0.3 is 0 Å². The number of benzene rings is 1. The lowest BCUT2D eigenvalue weighted by Gasteiger charge is -2.17. The minimum Gasteiger partial charge on any atom is -0.355 e. The van der Waals surface area contributed by atoms with E-state index in [1.165, 1.54) is 0 Å². The van der Waals surface area contributed by atoms with Gasteiger partial charge in [0.15, 0.2) is 0 Å². The van der Waals surface area contributed by atoms with Crippen molar-refractivity contribution in [3.63, 3.8) is 0 Å². The molecule has 0 bridgehead atoms. The van der Waals surface area contributed by atoms with Gasteiger partial charge in [0.1, 0.15) is 6.04 Å². The molecule has 4 nitrogen and oxygen atoms in total. The van der Waals surface area contributed by atoms with Crippen molar-refractivity contribution in [2.24, 2.45) is 0 Å². The van der Waals surface area contributed by atoms with Crippen LogP contribution < -0.4 is 10.6 Å². The first-order chi connectivity index (χ1) is 8.67. The summed E-state index contributed by atoms with van der Waals surface area (Å²) in [6.45, 7) is 4.19. The van der Waals surface area contributed by atoms with E-state index >= 15 is 0 Å². The van der Waals surface area contributed by atoms with E-state index in [1.807, 2.05) is 37.3 Å². The summed E-state index contributed by atoms with van der Waals surface area (Å²) in [5.41, 5.74) is 1.03. The van der Waals surface area contributed by atoms with Gasteiger partial charge in [-0.25, -0.2) is 0 Å². The number of hydrogen-bond acceptors (Lipinski definition) is 2. The predicted molar refractivity (Wildman–Crippen MR) is 71.1 cm³/mol. The summed E-state index contributed by atoms with van der Waals surface area (Å²) in [5.74, 6) is -0.245. The molecule has 0 aromatic heterocycles. The second-order valence-electron chi connectivity index (χ2n) is 4.06. The van der Waals surface area contributed by atoms with Gasteiger partial charge in [-0.3, -0.25) is 9.59 Å². The van der Waals surface area contributed by atoms with Crippen LogP contribution in [0.2, 0.25) is 0 Å². The Hall–Kier alpha value is -1.84. The van der Waals surface area contributed by atoms with Crippen LogP contribution in [-0.4, -0.2) is 24.4 Å². The third-order valence-electron chi connectivity index (χ3n) is 2.61. The highest BCUT2D eigenvalue weighted by molar-refractivity contribution is 5.87. The summed E-state index contributed by atoms with van der Waals surface area (Å²) in [5, 5.41) is 5.49. The highest BCUT2D eigenvalue weighted by Crippen LogP contribution is 2.03. The highest BCUT2D eigenvalue weighted by Gasteiger charge is 2.19. The van der Waals surface area contributed by atoms with Crippen LogP contribution in [0.3, 0.4) is 0 Å². The molecule has 1 rings (SSSR count). The molecular weight excluding hydrogens is 228 g/mol. The molecule has 0 radical (unpaired) electrons. The fourth-order valence-electron chi connectivity index (χ4n) is 1.65. The molecule has 1 aromatic carbocycles. The Bertz CT molecular complexity index is 390. The lowest BCUT2D eigenvalue weighted by molar-refractivity contribution is -0.128. The molecule has 98 valence electrons. The number of carbonyl (C=O) groups excluding carboxylic acids is 2. The van der Waals surface area contributed by atoms with Crippen LogP contribution in [0.5, 0.6) is 0 Å². The van der Waals surface area contributed by atoms with Crippen molar-refractivity contribution in [3.8, 4) is 0 Å². The minimum absolute atomic E-state index is 0.109. The van der Waals surface area contributed by atoms with Crippen LogP contribution in [0.4, 0.5) is 0 Å². The number of rotatable bonds is 6. The zero-order valence-corrected chi connectivity index (χ0v) is 10.9. The molecule has 1 aromatic rings. The maximum Gasteiger partial charge on any atom is 0.242 e. The predicted octanol–water partition coefficient (Wildman–Crippen LogP) is 1.26. The molecule has 0 aliphatic heterocycles. The Morgan fingerprint density at radius 3 is 2.39 bits per heavy atom. The topological polar surface area (TPSA) is 58.2 Å². The van der Waals surface area contributed by atoms with Crippen molar-refractivity contribution >= 4 is 11.8 Å². The lowest BCUT2D eigenvalue weighted by Crippen LogP contribution is -2.47. The normalized spacial score (nSPS) is 11.7. The van der Waals surface area contributed by atoms with E-state index in [0.717, 1.165) is 5.56 Å². The van der Waals surface area contributed by atoms with Crippen molar-refractivity contribution < 1.29 is 9.59 Å². The third kappa shape index (κ3) is 4.57. The zero-order valence-electron chi connectivity index (χ0n) is 10.9. The Labute approximate surface area is 108 Å². The van der Waals surface area contributed by atoms with Crippen LogP contribution in [0.25, 0.3) is 0 Å². The molecule has 2 N–H and O–H groups in total. The van der Waals surface area contributed by atoms with Crippen LogP contribution in [0.15, 0.2) is 30.3 Å². The van der Waals surface area contributed by atoms with E-state index in [9.17, 15) is 9.59 Å². The quantitative estimate of drug-likeness (QED) is 0.796. The van der Waals surface area contributed by atoms with Gasteiger partial charge in [-0.05, 0) is 12.5 Å². The molecule has 0 saturated heterocycles. The second-order valence-corrected chi connectivity index (χ2v) is 4.06. The van der Waals surface area contributed by atoms with Crippen molar-refractivity contribution in [2.45, 2.75) is 32.7 Å². The smallest absolute Gasteiger partial charge is 0.242 e. The third-order valence-corrected chi connectivity index (χ3v) is 2.61. The molecule has 18 heavy (non-hydrogen) atoms. The fourth-order valence-corrected chi connectivity index (χ4v) is 1.65.